The fraction of sp³-hybridized carbons (Fsp3) is 0.500. The third-order valence-corrected chi connectivity index (χ3v) is 7.05. The molecule has 194 valence electrons. The Bertz CT molecular complexity index is 1030. The summed E-state index contributed by atoms with van der Waals surface area (Å²) in [6.45, 7) is 9.14. The molecule has 0 spiro atoms. The zero-order valence-corrected chi connectivity index (χ0v) is 22.3. The number of aliphatic hydroxyl groups excluding tert-OH is 1. The molecule has 2 aromatic rings. The maximum atomic E-state index is 13.5. The van der Waals surface area contributed by atoms with Gasteiger partial charge in [0, 0.05) is 25.8 Å². The molecule has 2 rings (SSSR count). The van der Waals surface area contributed by atoms with Crippen LogP contribution in [0, 0.1) is 5.92 Å². The van der Waals surface area contributed by atoms with Gasteiger partial charge in [0.2, 0.25) is 10.0 Å². The molecule has 3 N–H and O–H groups in total. The molecule has 2 atom stereocenters. The van der Waals surface area contributed by atoms with Gasteiger partial charge in [-0.05, 0) is 62.9 Å². The molecule has 0 saturated heterocycles. The monoisotopic (exact) mass is 505 g/mol. The number of nitrogens with zero attached hydrogens (tertiary/aromatic N) is 1. The van der Waals surface area contributed by atoms with Crippen LogP contribution in [0.15, 0.2) is 59.5 Å². The number of aliphatic hydroxyl groups is 1. The lowest BCUT2D eigenvalue weighted by Gasteiger charge is -2.31. The normalized spacial score (nSPS) is 14.0. The second-order valence-corrected chi connectivity index (χ2v) is 11.9. The Morgan fingerprint density at radius 1 is 1.03 bits per heavy atom. The summed E-state index contributed by atoms with van der Waals surface area (Å²) in [4.78, 5) is 12.7. The minimum atomic E-state index is -3.88. The van der Waals surface area contributed by atoms with Gasteiger partial charge in [0.25, 0.3) is 0 Å². The van der Waals surface area contributed by atoms with E-state index in [0.717, 1.165) is 11.3 Å². The Kier molecular flexibility index (Phi) is 10.1. The van der Waals surface area contributed by atoms with Crippen LogP contribution in [0.4, 0.5) is 10.5 Å². The molecule has 0 aliphatic heterocycles. The van der Waals surface area contributed by atoms with E-state index in [1.807, 2.05) is 44.2 Å². The summed E-state index contributed by atoms with van der Waals surface area (Å²) in [6, 6.07) is 15.1. The standard InChI is InChI=1S/C26H39N3O5S/c1-19(2)17-29(35(32,33)22-14-12-21(27-6)13-15-22)18-24(30)23(16-20-10-8-7-9-11-20)28-25(31)34-26(3,4)5/h7-15,19,23-24,27,30H,16-18H2,1-6H3,(H,28,31). The topological polar surface area (TPSA) is 108 Å². The van der Waals surface area contributed by atoms with Gasteiger partial charge in [0.15, 0.2) is 0 Å². The van der Waals surface area contributed by atoms with Crippen molar-refractivity contribution in [3.05, 3.63) is 60.2 Å². The lowest BCUT2D eigenvalue weighted by atomic mass is 10.0. The van der Waals surface area contributed by atoms with E-state index in [1.165, 1.54) is 4.31 Å². The molecule has 0 aliphatic carbocycles. The molecule has 0 saturated carbocycles. The molecular formula is C26H39N3O5S. The van der Waals surface area contributed by atoms with E-state index in [-0.39, 0.29) is 23.9 Å². The molecule has 0 bridgehead atoms. The molecule has 2 aromatic carbocycles. The number of benzene rings is 2. The Labute approximate surface area is 209 Å². The number of carbonyl (C=O) groups excluding carboxylic acids is 1. The van der Waals surface area contributed by atoms with Crippen LogP contribution < -0.4 is 10.6 Å². The van der Waals surface area contributed by atoms with Crippen LogP contribution in [-0.4, -0.2) is 61.8 Å². The second kappa shape index (κ2) is 12.4. The van der Waals surface area contributed by atoms with Gasteiger partial charge in [0.05, 0.1) is 17.0 Å². The number of ether oxygens (including phenoxy) is 1. The average Bonchev–Trinajstić information content (AvgIpc) is 2.77. The molecular weight excluding hydrogens is 466 g/mol. The number of alkyl carbamates (subject to hydrolysis) is 1. The fourth-order valence-corrected chi connectivity index (χ4v) is 5.19. The Morgan fingerprint density at radius 3 is 2.14 bits per heavy atom. The zero-order valence-electron chi connectivity index (χ0n) is 21.5. The molecule has 8 nitrogen and oxygen atoms in total. The molecule has 0 heterocycles. The highest BCUT2D eigenvalue weighted by atomic mass is 32.2. The Hall–Kier alpha value is -2.62. The van der Waals surface area contributed by atoms with Gasteiger partial charge in [-0.15, -0.1) is 0 Å². The third-order valence-electron chi connectivity index (χ3n) is 5.21. The number of amides is 1. The van der Waals surface area contributed by atoms with Crippen LogP contribution in [0.1, 0.15) is 40.2 Å². The fourth-order valence-electron chi connectivity index (χ4n) is 3.57. The quantitative estimate of drug-likeness (QED) is 0.428. The summed E-state index contributed by atoms with van der Waals surface area (Å²) < 4.78 is 33.6. The molecule has 35 heavy (non-hydrogen) atoms. The van der Waals surface area contributed by atoms with Crippen molar-refractivity contribution in [1.82, 2.24) is 9.62 Å². The van der Waals surface area contributed by atoms with Crippen molar-refractivity contribution >= 4 is 21.8 Å². The summed E-state index contributed by atoms with van der Waals surface area (Å²) in [5.41, 5.74) is 0.983. The molecule has 0 radical (unpaired) electrons. The summed E-state index contributed by atoms with van der Waals surface area (Å²) in [6.07, 6.45) is -1.53. The van der Waals surface area contributed by atoms with Crippen molar-refractivity contribution in [1.29, 1.82) is 0 Å². The number of nitrogens with one attached hydrogen (secondary N) is 2. The Balaban J connectivity index is 2.31. The van der Waals surface area contributed by atoms with E-state index in [0.29, 0.717) is 6.42 Å². The second-order valence-electron chi connectivity index (χ2n) is 10.0. The van der Waals surface area contributed by atoms with Crippen LogP contribution in [0.25, 0.3) is 0 Å². The predicted molar refractivity (Wildman–Crippen MR) is 139 cm³/mol. The first-order valence-electron chi connectivity index (χ1n) is 11.8. The van der Waals surface area contributed by atoms with Crippen molar-refractivity contribution in [3.63, 3.8) is 0 Å². The molecule has 1 amide bonds. The van der Waals surface area contributed by atoms with Gasteiger partial charge in [-0.2, -0.15) is 4.31 Å². The van der Waals surface area contributed by atoms with E-state index in [9.17, 15) is 18.3 Å². The highest BCUT2D eigenvalue weighted by Gasteiger charge is 2.32. The highest BCUT2D eigenvalue weighted by molar-refractivity contribution is 7.89. The minimum Gasteiger partial charge on any atom is -0.444 e. The van der Waals surface area contributed by atoms with Gasteiger partial charge in [-0.1, -0.05) is 44.2 Å². The summed E-state index contributed by atoms with van der Waals surface area (Å²) >= 11 is 0. The van der Waals surface area contributed by atoms with Crippen LogP contribution in [0.5, 0.6) is 0 Å². The predicted octanol–water partition coefficient (Wildman–Crippen LogP) is 3.87. The lowest BCUT2D eigenvalue weighted by molar-refractivity contribution is 0.0400. The van der Waals surface area contributed by atoms with Crippen molar-refractivity contribution in [2.45, 2.75) is 63.7 Å². The van der Waals surface area contributed by atoms with E-state index in [2.05, 4.69) is 10.6 Å². The summed E-state index contributed by atoms with van der Waals surface area (Å²) in [5.74, 6) is 0.0277. The first kappa shape index (κ1) is 28.6. The van der Waals surface area contributed by atoms with Crippen LogP contribution in [0.2, 0.25) is 0 Å². The zero-order chi connectivity index (χ0) is 26.2. The van der Waals surface area contributed by atoms with Gasteiger partial charge in [-0.3, -0.25) is 0 Å². The van der Waals surface area contributed by atoms with E-state index in [1.54, 1.807) is 52.1 Å². The van der Waals surface area contributed by atoms with E-state index >= 15 is 0 Å². The summed E-state index contributed by atoms with van der Waals surface area (Å²) in [5, 5.41) is 16.9. The molecule has 0 fully saturated rings. The third kappa shape index (κ3) is 9.16. The SMILES string of the molecule is CNc1ccc(S(=O)(=O)N(CC(C)C)CC(O)C(Cc2ccccc2)NC(=O)OC(C)(C)C)cc1. The number of hydrogen-bond donors (Lipinski definition) is 3. The van der Waals surface area contributed by atoms with Crippen LogP contribution in [0.3, 0.4) is 0 Å². The number of carbonyl (C=O) groups is 1. The number of hydrogen-bond acceptors (Lipinski definition) is 6. The first-order chi connectivity index (χ1) is 16.3. The molecule has 9 heteroatoms. The first-order valence-corrected chi connectivity index (χ1v) is 13.3. The van der Waals surface area contributed by atoms with Gasteiger partial charge in [-0.25, -0.2) is 13.2 Å². The lowest BCUT2D eigenvalue weighted by Crippen LogP contribution is -2.51. The van der Waals surface area contributed by atoms with Gasteiger partial charge < -0.3 is 20.5 Å². The molecule has 0 aromatic heterocycles. The molecule has 0 aliphatic rings. The van der Waals surface area contributed by atoms with Crippen LogP contribution >= 0.6 is 0 Å². The number of sulfonamides is 1. The highest BCUT2D eigenvalue weighted by Crippen LogP contribution is 2.21. The van der Waals surface area contributed by atoms with E-state index < -0.39 is 33.9 Å². The maximum Gasteiger partial charge on any atom is 0.407 e. The van der Waals surface area contributed by atoms with Crippen molar-refractivity contribution in [2.75, 3.05) is 25.5 Å². The summed E-state index contributed by atoms with van der Waals surface area (Å²) in [7, 11) is -2.12. The largest absolute Gasteiger partial charge is 0.444 e. The van der Waals surface area contributed by atoms with Crippen molar-refractivity contribution in [3.8, 4) is 0 Å². The van der Waals surface area contributed by atoms with Crippen LogP contribution in [-0.2, 0) is 21.2 Å². The van der Waals surface area contributed by atoms with E-state index in [4.69, 9.17) is 4.74 Å². The Morgan fingerprint density at radius 2 is 1.63 bits per heavy atom. The molecule has 2 unspecified atom stereocenters. The van der Waals surface area contributed by atoms with Crippen molar-refractivity contribution < 1.29 is 23.1 Å². The van der Waals surface area contributed by atoms with Gasteiger partial charge in [0.1, 0.15) is 5.60 Å². The maximum absolute atomic E-state index is 13.5. The number of anilines is 1. The van der Waals surface area contributed by atoms with Gasteiger partial charge >= 0.3 is 6.09 Å². The minimum absolute atomic E-state index is 0.0277. The average molecular weight is 506 g/mol. The van der Waals surface area contributed by atoms with Crippen molar-refractivity contribution in [2.24, 2.45) is 5.92 Å². The number of rotatable bonds is 11. The smallest absolute Gasteiger partial charge is 0.407 e.